The van der Waals surface area contributed by atoms with Gasteiger partial charge in [-0.15, -0.1) is 0 Å². The predicted octanol–water partition coefficient (Wildman–Crippen LogP) is 2.53. The summed E-state index contributed by atoms with van der Waals surface area (Å²) in [4.78, 5) is 17.5. The Morgan fingerprint density at radius 3 is 3.00 bits per heavy atom. The van der Waals surface area contributed by atoms with Crippen molar-refractivity contribution < 1.29 is 9.32 Å². The highest BCUT2D eigenvalue weighted by Crippen LogP contribution is 2.40. The van der Waals surface area contributed by atoms with Gasteiger partial charge in [-0.2, -0.15) is 0 Å². The van der Waals surface area contributed by atoms with Gasteiger partial charge in [-0.3, -0.25) is 4.79 Å². The molecule has 1 saturated heterocycles. The summed E-state index contributed by atoms with van der Waals surface area (Å²) in [6, 6.07) is 2.15. The number of nitrogens with one attached hydrogen (secondary N) is 2. The monoisotopic (exact) mass is 328 g/mol. The number of hydrogen-bond donors (Lipinski definition) is 2. The second-order valence-corrected chi connectivity index (χ2v) is 6.95. The minimum Gasteiger partial charge on any atom is -0.348 e. The van der Waals surface area contributed by atoms with E-state index in [9.17, 15) is 4.79 Å². The van der Waals surface area contributed by atoms with Gasteiger partial charge in [0.15, 0.2) is 0 Å². The van der Waals surface area contributed by atoms with Gasteiger partial charge in [-0.05, 0) is 44.7 Å². The van der Waals surface area contributed by atoms with E-state index in [1.54, 1.807) is 0 Å². The molecule has 0 unspecified atom stereocenters. The summed E-state index contributed by atoms with van der Waals surface area (Å²) in [6.45, 7) is 3.96. The zero-order valence-corrected chi connectivity index (χ0v) is 14.1. The van der Waals surface area contributed by atoms with E-state index in [0.29, 0.717) is 17.2 Å². The van der Waals surface area contributed by atoms with Crippen LogP contribution in [0.5, 0.6) is 0 Å². The normalized spacial score (nSPS) is 21.1. The quantitative estimate of drug-likeness (QED) is 0.881. The van der Waals surface area contributed by atoms with Crippen molar-refractivity contribution in [1.29, 1.82) is 0 Å². The molecule has 6 nitrogen and oxygen atoms in total. The number of amides is 1. The molecular formula is C18H24N4O2. The fraction of sp³-hybridized carbons (Fsp3) is 0.611. The van der Waals surface area contributed by atoms with E-state index in [0.717, 1.165) is 68.4 Å². The van der Waals surface area contributed by atoms with Crippen LogP contribution in [0, 0.1) is 0 Å². The lowest BCUT2D eigenvalue weighted by molar-refractivity contribution is 0.0932. The summed E-state index contributed by atoms with van der Waals surface area (Å²) in [6.07, 6.45) is 6.15. The molecule has 1 atom stereocenters. The van der Waals surface area contributed by atoms with E-state index < -0.39 is 0 Å². The summed E-state index contributed by atoms with van der Waals surface area (Å²) in [5.74, 6) is 0.440. The van der Waals surface area contributed by atoms with Crippen LogP contribution >= 0.6 is 0 Å². The molecule has 2 aromatic heterocycles. The smallest absolute Gasteiger partial charge is 0.259 e. The van der Waals surface area contributed by atoms with Crippen molar-refractivity contribution in [3.63, 3.8) is 0 Å². The molecule has 128 valence electrons. The van der Waals surface area contributed by atoms with Gasteiger partial charge in [0.25, 0.3) is 11.6 Å². The number of pyridine rings is 1. The lowest BCUT2D eigenvalue weighted by Gasteiger charge is -2.24. The summed E-state index contributed by atoms with van der Waals surface area (Å²) < 4.78 is 5.45. The number of fused-ring (bicyclic) bond motifs is 1. The summed E-state index contributed by atoms with van der Waals surface area (Å²) in [5, 5.41) is 11.5. The summed E-state index contributed by atoms with van der Waals surface area (Å²) >= 11 is 0. The summed E-state index contributed by atoms with van der Waals surface area (Å²) in [7, 11) is 0. The third kappa shape index (κ3) is 3.02. The van der Waals surface area contributed by atoms with Gasteiger partial charge in [0.2, 0.25) is 0 Å². The van der Waals surface area contributed by atoms with Crippen LogP contribution < -0.4 is 10.6 Å². The van der Waals surface area contributed by atoms with Gasteiger partial charge in [-0.25, -0.2) is 4.98 Å². The highest BCUT2D eigenvalue weighted by molar-refractivity contribution is 6.06. The van der Waals surface area contributed by atoms with Gasteiger partial charge >= 0.3 is 0 Å². The Labute approximate surface area is 141 Å². The molecule has 0 aromatic carbocycles. The summed E-state index contributed by atoms with van der Waals surface area (Å²) in [5.41, 5.74) is 3.00. The molecule has 6 heteroatoms. The first kappa shape index (κ1) is 15.6. The van der Waals surface area contributed by atoms with E-state index in [2.05, 4.69) is 27.7 Å². The SMILES string of the molecule is CCCc1noc2nc(C3CC3)cc(C(=O)N[C@H]3CCCNC3)c12. The van der Waals surface area contributed by atoms with Crippen molar-refractivity contribution in [2.24, 2.45) is 0 Å². The first-order valence-corrected chi connectivity index (χ1v) is 9.07. The Morgan fingerprint density at radius 2 is 2.29 bits per heavy atom. The van der Waals surface area contributed by atoms with Gasteiger partial charge in [-0.1, -0.05) is 18.5 Å². The number of rotatable bonds is 5. The number of nitrogens with zero attached hydrogens (tertiary/aromatic N) is 2. The Morgan fingerprint density at radius 1 is 1.42 bits per heavy atom. The largest absolute Gasteiger partial charge is 0.348 e. The lowest BCUT2D eigenvalue weighted by atomic mass is 10.0. The first-order chi connectivity index (χ1) is 11.8. The van der Waals surface area contributed by atoms with E-state index in [1.165, 1.54) is 0 Å². The van der Waals surface area contributed by atoms with Gasteiger partial charge in [0.05, 0.1) is 16.6 Å². The second kappa shape index (κ2) is 6.51. The van der Waals surface area contributed by atoms with Crippen molar-refractivity contribution in [1.82, 2.24) is 20.8 Å². The minimum absolute atomic E-state index is 0.0291. The lowest BCUT2D eigenvalue weighted by Crippen LogP contribution is -2.45. The number of carbonyl (C=O) groups excluding carboxylic acids is 1. The molecule has 2 fully saturated rings. The van der Waals surface area contributed by atoms with Gasteiger partial charge in [0.1, 0.15) is 0 Å². The van der Waals surface area contributed by atoms with Crippen LogP contribution in [-0.4, -0.2) is 35.2 Å². The van der Waals surface area contributed by atoms with Gasteiger partial charge < -0.3 is 15.2 Å². The topological polar surface area (TPSA) is 80.0 Å². The van der Waals surface area contributed by atoms with Crippen molar-refractivity contribution in [2.45, 2.75) is 57.4 Å². The fourth-order valence-corrected chi connectivity index (χ4v) is 3.44. The zero-order chi connectivity index (χ0) is 16.5. The van der Waals surface area contributed by atoms with Crippen LogP contribution in [-0.2, 0) is 6.42 Å². The van der Waals surface area contributed by atoms with E-state index in [-0.39, 0.29) is 11.9 Å². The second-order valence-electron chi connectivity index (χ2n) is 6.95. The van der Waals surface area contributed by atoms with Crippen LogP contribution in [0.1, 0.15) is 66.7 Å². The highest BCUT2D eigenvalue weighted by atomic mass is 16.5. The number of aromatic nitrogens is 2. The average Bonchev–Trinajstić information content (AvgIpc) is 3.38. The third-order valence-corrected chi connectivity index (χ3v) is 4.90. The number of piperidine rings is 1. The van der Waals surface area contributed by atoms with Crippen LogP contribution in [0.3, 0.4) is 0 Å². The Bertz CT molecular complexity index is 745. The molecular weight excluding hydrogens is 304 g/mol. The third-order valence-electron chi connectivity index (χ3n) is 4.90. The molecule has 2 aromatic rings. The average molecular weight is 328 g/mol. The maximum Gasteiger partial charge on any atom is 0.259 e. The van der Waals surface area contributed by atoms with Crippen LogP contribution in [0.25, 0.3) is 11.1 Å². The Balaban J connectivity index is 1.70. The van der Waals surface area contributed by atoms with Gasteiger partial charge in [0, 0.05) is 24.2 Å². The molecule has 2 aliphatic rings. The molecule has 2 N–H and O–H groups in total. The molecule has 24 heavy (non-hydrogen) atoms. The highest BCUT2D eigenvalue weighted by Gasteiger charge is 2.29. The number of hydrogen-bond acceptors (Lipinski definition) is 5. The Kier molecular flexibility index (Phi) is 4.22. The zero-order valence-electron chi connectivity index (χ0n) is 14.1. The van der Waals surface area contributed by atoms with Crippen molar-refractivity contribution in [3.8, 4) is 0 Å². The fourth-order valence-electron chi connectivity index (χ4n) is 3.44. The molecule has 4 rings (SSSR count). The predicted molar refractivity (Wildman–Crippen MR) is 91.1 cm³/mol. The van der Waals surface area contributed by atoms with E-state index in [1.807, 2.05) is 6.07 Å². The van der Waals surface area contributed by atoms with E-state index >= 15 is 0 Å². The molecule has 1 aliphatic heterocycles. The maximum atomic E-state index is 12.9. The molecule has 0 spiro atoms. The van der Waals surface area contributed by atoms with Crippen molar-refractivity contribution >= 4 is 17.0 Å². The standard InChI is InChI=1S/C18H24N4O2/c1-2-4-14-16-13(17(23)20-12-5-3-8-19-10-12)9-15(11-6-7-11)21-18(16)24-22-14/h9,11-12,19H,2-8,10H2,1H3,(H,20,23)/t12-/m0/s1. The first-order valence-electron chi connectivity index (χ1n) is 9.07. The number of aryl methyl sites for hydroxylation is 1. The minimum atomic E-state index is -0.0291. The van der Waals surface area contributed by atoms with Crippen molar-refractivity contribution in [2.75, 3.05) is 13.1 Å². The molecule has 1 aliphatic carbocycles. The maximum absolute atomic E-state index is 12.9. The molecule has 0 radical (unpaired) electrons. The van der Waals surface area contributed by atoms with Crippen molar-refractivity contribution in [3.05, 3.63) is 23.0 Å². The van der Waals surface area contributed by atoms with Crippen LogP contribution in [0.15, 0.2) is 10.6 Å². The number of carbonyl (C=O) groups is 1. The molecule has 3 heterocycles. The molecule has 0 bridgehead atoms. The Hall–Kier alpha value is -1.95. The molecule has 1 amide bonds. The van der Waals surface area contributed by atoms with Crippen LogP contribution in [0.2, 0.25) is 0 Å². The van der Waals surface area contributed by atoms with Crippen LogP contribution in [0.4, 0.5) is 0 Å². The van der Waals surface area contributed by atoms with E-state index in [4.69, 9.17) is 4.52 Å². The molecule has 1 saturated carbocycles.